The van der Waals surface area contributed by atoms with E-state index in [1.54, 1.807) is 0 Å². The first kappa shape index (κ1) is 14.2. The van der Waals surface area contributed by atoms with Gasteiger partial charge in [-0.3, -0.25) is 4.52 Å². The Balaban J connectivity index is 2.55. The van der Waals surface area contributed by atoms with Crippen molar-refractivity contribution in [2.75, 3.05) is 5.88 Å². The van der Waals surface area contributed by atoms with E-state index < -0.39 is 5.69 Å². The van der Waals surface area contributed by atoms with Crippen molar-refractivity contribution in [1.29, 1.82) is 0 Å². The maximum atomic E-state index is 11.4. The van der Waals surface area contributed by atoms with Crippen LogP contribution in [0.3, 0.4) is 0 Å². The molecule has 0 spiro atoms. The van der Waals surface area contributed by atoms with Gasteiger partial charge >= 0.3 is 10.9 Å². The summed E-state index contributed by atoms with van der Waals surface area (Å²) in [6.07, 6.45) is 0. The summed E-state index contributed by atoms with van der Waals surface area (Å²) in [5.41, 5.74) is 1.25. The lowest BCUT2D eigenvalue weighted by Gasteiger charge is -2.31. The van der Waals surface area contributed by atoms with E-state index in [4.69, 9.17) is 20.5 Å². The monoisotopic (exact) mass is 299 g/mol. The summed E-state index contributed by atoms with van der Waals surface area (Å²) in [6.45, 7) is 6.36. The van der Waals surface area contributed by atoms with Crippen LogP contribution in [-0.2, 0) is 25.0 Å². The van der Waals surface area contributed by atoms with Crippen LogP contribution in [0.25, 0.3) is 5.43 Å². The highest BCUT2D eigenvalue weighted by molar-refractivity contribution is 8.67. The van der Waals surface area contributed by atoms with E-state index in [1.807, 2.05) is 0 Å². The largest absolute Gasteiger partial charge is 0.811 e. The highest BCUT2D eigenvalue weighted by Gasteiger charge is 2.29. The van der Waals surface area contributed by atoms with Crippen molar-refractivity contribution in [2.45, 2.75) is 0 Å². The number of rotatable bonds is 5. The highest BCUT2D eigenvalue weighted by atomic mass is 32.9. The van der Waals surface area contributed by atoms with E-state index in [2.05, 4.69) is 30.5 Å². The fourth-order valence-electron chi connectivity index (χ4n) is 0.664. The average Bonchev–Trinajstić information content (AvgIpc) is 2.67. The molecule has 0 N–H and O–H groups in total. The predicted molar refractivity (Wildman–Crippen MR) is 70.2 cm³/mol. The number of hydrogen-bond donors (Lipinski definition) is 0. The Bertz CT molecular complexity index is 420. The van der Waals surface area contributed by atoms with Gasteiger partial charge in [0.1, 0.15) is 0 Å². The highest BCUT2D eigenvalue weighted by Crippen LogP contribution is 2.58. The molecule has 1 rings (SSSR count). The first-order valence-corrected chi connectivity index (χ1v) is 8.71. The summed E-state index contributed by atoms with van der Waals surface area (Å²) < 4.78 is 14.1. The second kappa shape index (κ2) is 6.18. The number of hydrogen-bond acceptors (Lipinski definition) is 5. The maximum Gasteiger partial charge on any atom is 0.517 e. The zero-order valence-corrected chi connectivity index (χ0v) is 11.4. The normalized spacial score (nSPS) is 20.4. The van der Waals surface area contributed by atoms with Crippen LogP contribution < -0.4 is 5.11 Å². The molecule has 0 saturated heterocycles. The molecule has 0 aliphatic carbocycles. The molecular weight excluding hydrogens is 291 g/mol. The topological polar surface area (TPSA) is 72.2 Å². The Morgan fingerprint density at radius 2 is 2.38 bits per heavy atom. The Labute approximate surface area is 105 Å². The van der Waals surface area contributed by atoms with Gasteiger partial charge in [-0.1, -0.05) is 16.1 Å². The Morgan fingerprint density at radius 1 is 1.69 bits per heavy atom. The number of carbonyl (C=O) groups excluding carboxylic acids is 2. The van der Waals surface area contributed by atoms with Crippen LogP contribution in [0.4, 0.5) is 0 Å². The summed E-state index contributed by atoms with van der Waals surface area (Å²) in [6, 6.07) is 0. The van der Waals surface area contributed by atoms with Crippen molar-refractivity contribution >= 4 is 63.7 Å². The lowest BCUT2D eigenvalue weighted by atomic mass is 11.0. The molecule has 89 valence electrons. The van der Waals surface area contributed by atoms with E-state index in [-0.39, 0.29) is 16.2 Å². The zero-order chi connectivity index (χ0) is 12.2. The first-order valence-electron chi connectivity index (χ1n) is 3.66. The zero-order valence-electron chi connectivity index (χ0n) is 8.03. The van der Waals surface area contributed by atoms with Crippen LogP contribution in [0.2, 0.25) is 0 Å². The minimum atomic E-state index is -2.59. The molecule has 1 aliphatic rings. The molecule has 6 nitrogen and oxygen atoms in total. The summed E-state index contributed by atoms with van der Waals surface area (Å²) in [5, 5.41) is 12.4. The molecule has 1 aliphatic heterocycles. The third-order valence-corrected chi connectivity index (χ3v) is 6.94. The molecule has 0 aromatic heterocycles. The Kier molecular flexibility index (Phi) is 5.48. The molecule has 0 bridgehead atoms. The van der Waals surface area contributed by atoms with Gasteiger partial charge in [0.2, 0.25) is 0 Å². The minimum absolute atomic E-state index is 0.182. The van der Waals surface area contributed by atoms with E-state index in [0.29, 0.717) is 0 Å². The van der Waals surface area contributed by atoms with Crippen molar-refractivity contribution in [3.05, 3.63) is 12.5 Å². The predicted octanol–water partition coefficient (Wildman–Crippen LogP) is 0.311. The summed E-state index contributed by atoms with van der Waals surface area (Å²) >= 11 is 6.11. The summed E-state index contributed by atoms with van der Waals surface area (Å²) in [4.78, 5) is 0. The van der Waals surface area contributed by atoms with Gasteiger partial charge < -0.3 is 15.5 Å². The maximum absolute atomic E-state index is 11.4. The van der Waals surface area contributed by atoms with Gasteiger partial charge in [-0.2, -0.15) is 0 Å². The third kappa shape index (κ3) is 3.57. The molecular formula is C6H8N2O4PS3. The van der Waals surface area contributed by atoms with Crippen LogP contribution in [0, 0.1) is 7.11 Å². The van der Waals surface area contributed by atoms with Gasteiger partial charge in [0.05, 0.1) is 18.9 Å². The number of nitrogens with zero attached hydrogens (tertiary/aromatic N) is 2. The molecule has 0 aromatic rings. The van der Waals surface area contributed by atoms with Gasteiger partial charge in [-0.25, -0.2) is 8.64 Å². The van der Waals surface area contributed by atoms with Gasteiger partial charge in [0, 0.05) is 17.3 Å². The van der Waals surface area contributed by atoms with E-state index in [1.165, 1.54) is 5.01 Å². The SMILES string of the molecule is [CH2]OP(=S)([O+]=C)SCN1[N-]C([O+]=C)=S=C1[O-]. The molecule has 1 heterocycles. The lowest BCUT2D eigenvalue weighted by molar-refractivity contribution is -0.298. The fourth-order valence-corrected chi connectivity index (χ4v) is 3.58. The van der Waals surface area contributed by atoms with Crippen LogP contribution in [0.15, 0.2) is 0 Å². The lowest BCUT2D eigenvalue weighted by Crippen LogP contribution is -2.33. The van der Waals surface area contributed by atoms with Gasteiger partial charge in [-0.05, 0) is 0 Å². The van der Waals surface area contributed by atoms with Gasteiger partial charge in [0.15, 0.2) is 0 Å². The van der Waals surface area contributed by atoms with Crippen LogP contribution in [0.5, 0.6) is 0 Å². The van der Waals surface area contributed by atoms with Gasteiger partial charge in [-0.15, -0.1) is 0 Å². The summed E-state index contributed by atoms with van der Waals surface area (Å²) in [5.74, 6) is 0.182. The molecule has 1 atom stereocenters. The van der Waals surface area contributed by atoms with Crippen molar-refractivity contribution < 1.29 is 18.3 Å². The first-order chi connectivity index (χ1) is 7.54. The second-order valence-electron chi connectivity index (χ2n) is 2.24. The standard InChI is InChI=1S/C6H8N2O4PS3/c1-10-5-7-8(6(9)16-5)4-15-13(14,11-2)12-3/h1-4H2. The van der Waals surface area contributed by atoms with E-state index in [0.717, 1.165) is 22.3 Å². The van der Waals surface area contributed by atoms with Crippen LogP contribution in [-0.4, -0.2) is 34.8 Å². The molecule has 0 fully saturated rings. The van der Waals surface area contributed by atoms with Crippen molar-refractivity contribution in [2.24, 2.45) is 0 Å². The Hall–Kier alpha value is 0.140. The smallest absolute Gasteiger partial charge is 0.517 e. The van der Waals surface area contributed by atoms with Crippen molar-refractivity contribution in [3.63, 3.8) is 0 Å². The molecule has 0 aromatic carbocycles. The molecule has 0 saturated carbocycles. The molecule has 10 heteroatoms. The average molecular weight is 299 g/mol. The molecule has 1 unspecified atom stereocenters. The minimum Gasteiger partial charge on any atom is -0.811 e. The quantitative estimate of drug-likeness (QED) is 0.415. The fraction of sp³-hybridized carbons (Fsp3) is 0.167. The molecule has 16 heavy (non-hydrogen) atoms. The molecule has 0 amide bonds. The Morgan fingerprint density at radius 3 is 2.81 bits per heavy atom. The van der Waals surface area contributed by atoms with Crippen LogP contribution >= 0.6 is 28.0 Å². The van der Waals surface area contributed by atoms with E-state index >= 15 is 0 Å². The van der Waals surface area contributed by atoms with Gasteiger partial charge in [0.25, 0.3) is 13.6 Å². The third-order valence-electron chi connectivity index (χ3n) is 1.37. The van der Waals surface area contributed by atoms with Crippen LogP contribution in [0.1, 0.15) is 0 Å². The van der Waals surface area contributed by atoms with Crippen molar-refractivity contribution in [3.8, 4) is 0 Å². The molecule has 1 radical (unpaired) electrons. The second-order valence-corrected chi connectivity index (χ2v) is 9.42. The van der Waals surface area contributed by atoms with Crippen molar-refractivity contribution in [1.82, 2.24) is 5.01 Å². The van der Waals surface area contributed by atoms with E-state index in [9.17, 15) is 5.11 Å². The summed E-state index contributed by atoms with van der Waals surface area (Å²) in [7, 11) is 4.05.